The fourth-order valence-corrected chi connectivity index (χ4v) is 5.18. The average Bonchev–Trinajstić information content (AvgIpc) is 3.11. The highest BCUT2D eigenvalue weighted by Gasteiger charge is 2.40. The van der Waals surface area contributed by atoms with E-state index in [4.69, 9.17) is 0 Å². The third-order valence-electron chi connectivity index (χ3n) is 7.27. The van der Waals surface area contributed by atoms with Crippen LogP contribution >= 0.6 is 0 Å². The Morgan fingerprint density at radius 2 is 1.71 bits per heavy atom. The zero-order valence-corrected chi connectivity index (χ0v) is 20.6. The number of nitrogens with one attached hydrogen (secondary N) is 1. The van der Waals surface area contributed by atoms with Gasteiger partial charge >= 0.3 is 0 Å². The number of nitro groups is 1. The van der Waals surface area contributed by atoms with E-state index in [1.807, 2.05) is 17.0 Å². The van der Waals surface area contributed by atoms with Crippen LogP contribution in [-0.2, 0) is 6.54 Å². The van der Waals surface area contributed by atoms with E-state index < -0.39 is 24.4 Å². The number of aliphatic hydroxyl groups excluding tert-OH is 4. The van der Waals surface area contributed by atoms with Crippen LogP contribution in [0, 0.1) is 10.1 Å². The summed E-state index contributed by atoms with van der Waals surface area (Å²) in [4.78, 5) is 15.5. The van der Waals surface area contributed by atoms with Crippen LogP contribution in [0.2, 0.25) is 0 Å². The number of nitro benzene ring substituents is 1. The first-order valence-electron chi connectivity index (χ1n) is 13.0. The molecule has 2 fully saturated rings. The molecular weight excluding hydrogens is 452 g/mol. The molecule has 0 bridgehead atoms. The highest BCUT2D eigenvalue weighted by Crippen LogP contribution is 2.27. The van der Waals surface area contributed by atoms with Crippen molar-refractivity contribution in [2.75, 3.05) is 44.6 Å². The number of nitrogens with zero attached hydrogens (tertiary/aromatic N) is 3. The van der Waals surface area contributed by atoms with E-state index >= 15 is 0 Å². The fraction of sp³-hybridized carbons (Fsp3) is 0.760. The van der Waals surface area contributed by atoms with Crippen molar-refractivity contribution in [2.24, 2.45) is 0 Å². The lowest BCUT2D eigenvalue weighted by Crippen LogP contribution is -2.62. The Hall–Kier alpha value is -1.82. The van der Waals surface area contributed by atoms with Crippen molar-refractivity contribution < 1.29 is 25.3 Å². The third-order valence-corrected chi connectivity index (χ3v) is 7.27. The number of unbranched alkanes of at least 4 members (excludes halogenated alkanes) is 3. The lowest BCUT2D eigenvalue weighted by atomic mass is 9.94. The van der Waals surface area contributed by atoms with Crippen molar-refractivity contribution >= 4 is 11.4 Å². The number of benzene rings is 1. The van der Waals surface area contributed by atoms with E-state index in [0.29, 0.717) is 18.8 Å². The molecule has 0 amide bonds. The molecule has 0 spiro atoms. The summed E-state index contributed by atoms with van der Waals surface area (Å²) in [5, 5.41) is 54.1. The summed E-state index contributed by atoms with van der Waals surface area (Å²) in [6, 6.07) is 4.93. The molecule has 0 saturated carbocycles. The number of likely N-dealkylation sites (tertiary alicyclic amines) is 2. The molecule has 0 radical (unpaired) electrons. The Kier molecular flexibility index (Phi) is 11.1. The highest BCUT2D eigenvalue weighted by molar-refractivity contribution is 5.62. The summed E-state index contributed by atoms with van der Waals surface area (Å²) in [5.74, 6) is 0. The smallest absolute Gasteiger partial charge is 0.292 e. The number of hydrogen-bond acceptors (Lipinski definition) is 9. The zero-order chi connectivity index (χ0) is 25.2. The highest BCUT2D eigenvalue weighted by atomic mass is 16.6. The normalized spacial score (nSPS) is 26.4. The van der Waals surface area contributed by atoms with Gasteiger partial charge in [-0.2, -0.15) is 0 Å². The van der Waals surface area contributed by atoms with Gasteiger partial charge in [-0.3, -0.25) is 19.9 Å². The van der Waals surface area contributed by atoms with Gasteiger partial charge in [0.2, 0.25) is 0 Å². The van der Waals surface area contributed by atoms with E-state index in [1.54, 1.807) is 6.07 Å². The van der Waals surface area contributed by atoms with Crippen LogP contribution in [0.15, 0.2) is 18.2 Å². The molecule has 10 nitrogen and oxygen atoms in total. The quantitative estimate of drug-likeness (QED) is 0.167. The van der Waals surface area contributed by atoms with Gasteiger partial charge in [-0.1, -0.05) is 31.7 Å². The van der Waals surface area contributed by atoms with Gasteiger partial charge in [-0.05, 0) is 56.9 Å². The van der Waals surface area contributed by atoms with Crippen LogP contribution in [0.4, 0.5) is 11.4 Å². The Balaban J connectivity index is 1.39. The molecule has 1 aromatic carbocycles. The average molecular weight is 495 g/mol. The van der Waals surface area contributed by atoms with Gasteiger partial charge in [0.25, 0.3) is 5.69 Å². The first kappa shape index (κ1) is 27.8. The predicted octanol–water partition coefficient (Wildman–Crippen LogP) is 1.70. The molecule has 2 saturated heterocycles. The standard InChI is InChI=1S/C25H42N4O6/c30-18-22-24(32)25(33)23(31)17-28(22)14-8-2-1-5-11-26-20-10-9-19(15-21(20)29(34)35)16-27-12-6-3-4-7-13-27/h9-10,15,22-26,30-33H,1-8,11-14,16-18H2/t22-,23+,24-,25-/m1/s1. The molecule has 4 atom stereocenters. The SMILES string of the molecule is O=[N+]([O-])c1cc(CN2CCCCCC2)ccc1NCCCCCCN1C[C@H](O)[C@@H](O)[C@H](O)[C@H]1CO. The second kappa shape index (κ2) is 14.1. The lowest BCUT2D eigenvalue weighted by molar-refractivity contribution is -0.384. The molecule has 3 rings (SSSR count). The van der Waals surface area contributed by atoms with Crippen LogP contribution in [0.1, 0.15) is 56.9 Å². The minimum Gasteiger partial charge on any atom is -0.395 e. The van der Waals surface area contributed by atoms with Crippen molar-refractivity contribution in [3.8, 4) is 0 Å². The summed E-state index contributed by atoms with van der Waals surface area (Å²) in [5.41, 5.74) is 1.65. The zero-order valence-electron chi connectivity index (χ0n) is 20.6. The van der Waals surface area contributed by atoms with Gasteiger partial charge in [0.05, 0.1) is 23.7 Å². The molecule has 0 aliphatic carbocycles. The molecule has 2 aliphatic heterocycles. The van der Waals surface area contributed by atoms with Gasteiger partial charge in [0.1, 0.15) is 17.9 Å². The van der Waals surface area contributed by atoms with E-state index in [9.17, 15) is 30.5 Å². The van der Waals surface area contributed by atoms with E-state index in [2.05, 4.69) is 10.2 Å². The molecule has 2 aliphatic rings. The van der Waals surface area contributed by atoms with Gasteiger partial charge in [-0.25, -0.2) is 0 Å². The molecule has 0 aromatic heterocycles. The Morgan fingerprint density at radius 3 is 2.40 bits per heavy atom. The fourth-order valence-electron chi connectivity index (χ4n) is 5.18. The molecule has 1 aromatic rings. The number of aliphatic hydroxyl groups is 4. The van der Waals surface area contributed by atoms with Crippen molar-refractivity contribution in [3.63, 3.8) is 0 Å². The van der Waals surface area contributed by atoms with Crippen molar-refractivity contribution in [1.29, 1.82) is 0 Å². The largest absolute Gasteiger partial charge is 0.395 e. The maximum absolute atomic E-state index is 11.6. The molecular formula is C25H42N4O6. The lowest BCUT2D eigenvalue weighted by Gasteiger charge is -2.43. The van der Waals surface area contributed by atoms with E-state index in [1.165, 1.54) is 25.7 Å². The summed E-state index contributed by atoms with van der Waals surface area (Å²) < 4.78 is 0. The van der Waals surface area contributed by atoms with Crippen LogP contribution in [0.3, 0.4) is 0 Å². The molecule has 0 unspecified atom stereocenters. The van der Waals surface area contributed by atoms with Crippen LogP contribution in [-0.4, -0.2) is 98.8 Å². The van der Waals surface area contributed by atoms with Gasteiger partial charge in [0, 0.05) is 25.7 Å². The van der Waals surface area contributed by atoms with Crippen LogP contribution in [0.25, 0.3) is 0 Å². The molecule has 10 heteroatoms. The summed E-state index contributed by atoms with van der Waals surface area (Å²) >= 11 is 0. The van der Waals surface area contributed by atoms with Gasteiger partial charge < -0.3 is 25.7 Å². The minimum absolute atomic E-state index is 0.122. The minimum atomic E-state index is -1.23. The maximum Gasteiger partial charge on any atom is 0.292 e. The first-order valence-corrected chi connectivity index (χ1v) is 13.0. The third kappa shape index (κ3) is 8.09. The van der Waals surface area contributed by atoms with Gasteiger partial charge in [-0.15, -0.1) is 0 Å². The second-order valence-corrected chi connectivity index (χ2v) is 9.93. The summed E-state index contributed by atoms with van der Waals surface area (Å²) in [6.07, 6.45) is 5.02. The number of piperidine rings is 1. The van der Waals surface area contributed by atoms with Gasteiger partial charge in [0.15, 0.2) is 0 Å². The number of anilines is 1. The van der Waals surface area contributed by atoms with Crippen LogP contribution < -0.4 is 5.32 Å². The van der Waals surface area contributed by atoms with Crippen molar-refractivity contribution in [1.82, 2.24) is 9.80 Å². The Bertz CT molecular complexity index is 789. The Morgan fingerprint density at radius 1 is 1.00 bits per heavy atom. The number of rotatable bonds is 12. The molecule has 198 valence electrons. The summed E-state index contributed by atoms with van der Waals surface area (Å²) in [7, 11) is 0. The molecule has 35 heavy (non-hydrogen) atoms. The first-order chi connectivity index (χ1) is 16.9. The monoisotopic (exact) mass is 494 g/mol. The molecule has 2 heterocycles. The molecule has 5 N–H and O–H groups in total. The Labute approximate surface area is 207 Å². The van der Waals surface area contributed by atoms with E-state index in [-0.39, 0.29) is 23.8 Å². The second-order valence-electron chi connectivity index (χ2n) is 9.93. The van der Waals surface area contributed by atoms with Crippen LogP contribution in [0.5, 0.6) is 0 Å². The predicted molar refractivity (Wildman–Crippen MR) is 134 cm³/mol. The number of hydrogen-bond donors (Lipinski definition) is 5. The maximum atomic E-state index is 11.6. The van der Waals surface area contributed by atoms with E-state index in [0.717, 1.165) is 50.9 Å². The van der Waals surface area contributed by atoms with Crippen molar-refractivity contribution in [2.45, 2.75) is 82.3 Å². The summed E-state index contributed by atoms with van der Waals surface area (Å²) in [6.45, 7) is 4.06. The topological polar surface area (TPSA) is 143 Å². The number of β-amino-alcohol motifs (C(OH)–C–C–N with tert-alkyl or cyclic N) is 1. The van der Waals surface area contributed by atoms with Crippen molar-refractivity contribution in [3.05, 3.63) is 33.9 Å².